The molecule has 0 bridgehead atoms. The number of carbonyl (C=O) groups excluding carboxylic acids is 2. The van der Waals surface area contributed by atoms with Crippen LogP contribution in [0.5, 0.6) is 0 Å². The fraction of sp³-hybridized carbons (Fsp3) is 0.500. The number of hydrogen-bond acceptors (Lipinski definition) is 5. The van der Waals surface area contributed by atoms with Crippen molar-refractivity contribution in [3.63, 3.8) is 0 Å². The van der Waals surface area contributed by atoms with E-state index < -0.39 is 11.9 Å². The zero-order chi connectivity index (χ0) is 9.84. The Morgan fingerprint density at radius 3 is 1.77 bits per heavy atom. The van der Waals surface area contributed by atoms with Crippen molar-refractivity contribution in [1.29, 1.82) is 0 Å². The van der Waals surface area contributed by atoms with Crippen LogP contribution in [0, 0.1) is 0 Å². The van der Waals surface area contributed by atoms with Gasteiger partial charge in [0, 0.05) is 13.8 Å². The minimum atomic E-state index is -0.454. The summed E-state index contributed by atoms with van der Waals surface area (Å²) >= 11 is 0. The van der Waals surface area contributed by atoms with Crippen LogP contribution in [-0.4, -0.2) is 25.2 Å². The van der Waals surface area contributed by atoms with Gasteiger partial charge in [-0.2, -0.15) is 0 Å². The number of rotatable bonds is 2. The molecule has 1 heterocycles. The lowest BCUT2D eigenvalue weighted by Gasteiger charge is -2.03. The third-order valence-electron chi connectivity index (χ3n) is 1.31. The van der Waals surface area contributed by atoms with Gasteiger partial charge in [0.2, 0.25) is 0 Å². The van der Waals surface area contributed by atoms with Crippen LogP contribution in [0.2, 0.25) is 0 Å². The summed E-state index contributed by atoms with van der Waals surface area (Å²) in [7, 11) is 0. The molecular weight excluding hydrogens is 176 g/mol. The van der Waals surface area contributed by atoms with E-state index >= 15 is 0 Å². The summed E-state index contributed by atoms with van der Waals surface area (Å²) in [6.45, 7) is 2.89. The topological polar surface area (TPSA) is 61.8 Å². The van der Waals surface area contributed by atoms with Crippen LogP contribution >= 0.6 is 0 Å². The molecule has 0 aliphatic carbocycles. The van der Waals surface area contributed by atoms with Crippen molar-refractivity contribution in [2.45, 2.75) is 13.8 Å². The number of esters is 2. The van der Waals surface area contributed by atoms with Gasteiger partial charge >= 0.3 is 11.9 Å². The molecule has 1 rings (SSSR count). The second kappa shape index (κ2) is 4.04. The standard InChI is InChI=1S/C8H10O5/c1-5(9)12-7-3-11-4-8(7)13-6(2)10/h3-4H2,1-2H3. The predicted molar refractivity (Wildman–Crippen MR) is 41.4 cm³/mol. The fourth-order valence-electron chi connectivity index (χ4n) is 0.917. The Hall–Kier alpha value is -1.36. The molecule has 0 radical (unpaired) electrons. The van der Waals surface area contributed by atoms with Crippen LogP contribution in [0.3, 0.4) is 0 Å². The molecule has 0 aromatic rings. The second-order valence-corrected chi connectivity index (χ2v) is 2.53. The highest BCUT2D eigenvalue weighted by molar-refractivity contribution is 5.69. The van der Waals surface area contributed by atoms with Crippen LogP contribution in [0.25, 0.3) is 0 Å². The molecule has 0 aromatic heterocycles. The van der Waals surface area contributed by atoms with Crippen LogP contribution in [0.15, 0.2) is 11.5 Å². The highest BCUT2D eigenvalue weighted by Gasteiger charge is 2.20. The largest absolute Gasteiger partial charge is 0.425 e. The monoisotopic (exact) mass is 186 g/mol. The molecule has 0 spiro atoms. The molecule has 0 atom stereocenters. The van der Waals surface area contributed by atoms with E-state index in [2.05, 4.69) is 0 Å². The first-order valence-corrected chi connectivity index (χ1v) is 3.76. The first kappa shape index (κ1) is 9.73. The van der Waals surface area contributed by atoms with E-state index in [1.165, 1.54) is 13.8 Å². The Kier molecular flexibility index (Phi) is 3.02. The summed E-state index contributed by atoms with van der Waals surface area (Å²) in [5.74, 6) is -0.347. The summed E-state index contributed by atoms with van der Waals surface area (Å²) in [6, 6.07) is 0. The van der Waals surface area contributed by atoms with Gasteiger partial charge in [0.05, 0.1) is 0 Å². The smallest absolute Gasteiger partial charge is 0.307 e. The zero-order valence-electron chi connectivity index (χ0n) is 7.46. The summed E-state index contributed by atoms with van der Waals surface area (Å²) < 4.78 is 14.5. The predicted octanol–water partition coefficient (Wildman–Crippen LogP) is 0.354. The van der Waals surface area contributed by atoms with E-state index in [-0.39, 0.29) is 24.7 Å². The van der Waals surface area contributed by atoms with Gasteiger partial charge in [0.1, 0.15) is 13.2 Å². The summed E-state index contributed by atoms with van der Waals surface area (Å²) in [4.78, 5) is 21.2. The molecule has 0 unspecified atom stereocenters. The van der Waals surface area contributed by atoms with Crippen LogP contribution in [0.1, 0.15) is 13.8 Å². The maximum Gasteiger partial charge on any atom is 0.307 e. The van der Waals surface area contributed by atoms with E-state index in [0.717, 1.165) is 0 Å². The molecule has 5 nitrogen and oxygen atoms in total. The zero-order valence-corrected chi connectivity index (χ0v) is 7.46. The van der Waals surface area contributed by atoms with Crippen LogP contribution in [-0.2, 0) is 23.8 Å². The van der Waals surface area contributed by atoms with Crippen molar-refractivity contribution in [2.75, 3.05) is 13.2 Å². The van der Waals surface area contributed by atoms with E-state index in [0.29, 0.717) is 0 Å². The lowest BCUT2D eigenvalue weighted by Crippen LogP contribution is -2.05. The quantitative estimate of drug-likeness (QED) is 0.582. The Morgan fingerprint density at radius 2 is 1.46 bits per heavy atom. The molecule has 72 valence electrons. The SMILES string of the molecule is CC(=O)OC1=C(OC(C)=O)COC1. The van der Waals surface area contributed by atoms with Gasteiger partial charge in [-0.25, -0.2) is 0 Å². The van der Waals surface area contributed by atoms with Gasteiger partial charge in [0.15, 0.2) is 11.5 Å². The molecule has 1 aliphatic heterocycles. The lowest BCUT2D eigenvalue weighted by molar-refractivity contribution is -0.140. The maximum atomic E-state index is 10.6. The van der Waals surface area contributed by atoms with Crippen molar-refractivity contribution in [3.05, 3.63) is 11.5 Å². The van der Waals surface area contributed by atoms with Gasteiger partial charge in [-0.15, -0.1) is 0 Å². The summed E-state index contributed by atoms with van der Waals surface area (Å²) in [5.41, 5.74) is 0. The van der Waals surface area contributed by atoms with Gasteiger partial charge < -0.3 is 14.2 Å². The van der Waals surface area contributed by atoms with Crippen molar-refractivity contribution in [1.82, 2.24) is 0 Å². The van der Waals surface area contributed by atoms with Gasteiger partial charge in [0.25, 0.3) is 0 Å². The average molecular weight is 186 g/mol. The van der Waals surface area contributed by atoms with Gasteiger partial charge in [-0.05, 0) is 0 Å². The molecule has 0 saturated heterocycles. The number of hydrogen-bond donors (Lipinski definition) is 0. The molecule has 0 fully saturated rings. The molecule has 5 heteroatoms. The minimum Gasteiger partial charge on any atom is -0.425 e. The first-order chi connectivity index (χ1) is 6.09. The normalized spacial score (nSPS) is 15.8. The fourth-order valence-corrected chi connectivity index (χ4v) is 0.917. The average Bonchev–Trinajstić information content (AvgIpc) is 2.34. The van der Waals surface area contributed by atoms with Crippen molar-refractivity contribution in [2.24, 2.45) is 0 Å². The Balaban J connectivity index is 2.65. The Bertz CT molecular complexity index is 240. The first-order valence-electron chi connectivity index (χ1n) is 3.76. The van der Waals surface area contributed by atoms with E-state index in [9.17, 15) is 9.59 Å². The molecule has 0 N–H and O–H groups in total. The third kappa shape index (κ3) is 2.87. The van der Waals surface area contributed by atoms with Crippen LogP contribution < -0.4 is 0 Å². The molecule has 0 amide bonds. The number of ether oxygens (including phenoxy) is 3. The molecule has 0 saturated carbocycles. The Labute approximate surface area is 75.3 Å². The highest BCUT2D eigenvalue weighted by Crippen LogP contribution is 2.16. The van der Waals surface area contributed by atoms with Gasteiger partial charge in [-0.3, -0.25) is 9.59 Å². The van der Waals surface area contributed by atoms with E-state index in [1.54, 1.807) is 0 Å². The summed E-state index contributed by atoms with van der Waals surface area (Å²) in [6.07, 6.45) is 0. The second-order valence-electron chi connectivity index (χ2n) is 2.53. The minimum absolute atomic E-state index is 0.169. The molecule has 1 aliphatic rings. The van der Waals surface area contributed by atoms with Crippen molar-refractivity contribution < 1.29 is 23.8 Å². The van der Waals surface area contributed by atoms with E-state index in [4.69, 9.17) is 14.2 Å². The summed E-state index contributed by atoms with van der Waals surface area (Å²) in [5, 5.41) is 0. The lowest BCUT2D eigenvalue weighted by atomic mass is 10.4. The number of carbonyl (C=O) groups is 2. The maximum absolute atomic E-state index is 10.6. The van der Waals surface area contributed by atoms with E-state index in [1.807, 2.05) is 0 Å². The molecule has 0 aromatic carbocycles. The van der Waals surface area contributed by atoms with Gasteiger partial charge in [-0.1, -0.05) is 0 Å². The van der Waals surface area contributed by atoms with Crippen LogP contribution in [0.4, 0.5) is 0 Å². The molecule has 13 heavy (non-hydrogen) atoms. The molecular formula is C8H10O5. The third-order valence-corrected chi connectivity index (χ3v) is 1.31. The Morgan fingerprint density at radius 1 is 1.08 bits per heavy atom. The van der Waals surface area contributed by atoms with Crippen molar-refractivity contribution >= 4 is 11.9 Å². The van der Waals surface area contributed by atoms with Crippen molar-refractivity contribution in [3.8, 4) is 0 Å². The highest BCUT2D eigenvalue weighted by atomic mass is 16.6.